The third kappa shape index (κ3) is 2.92. The average Bonchev–Trinajstić information content (AvgIpc) is 2.79. The van der Waals surface area contributed by atoms with Gasteiger partial charge in [-0.3, -0.25) is 4.79 Å². The van der Waals surface area contributed by atoms with Crippen molar-refractivity contribution in [3.8, 4) is 0 Å². The highest BCUT2D eigenvalue weighted by atomic mass is 16.3. The summed E-state index contributed by atoms with van der Waals surface area (Å²) in [5.41, 5.74) is -0.834. The number of rotatable bonds is 5. The van der Waals surface area contributed by atoms with E-state index in [1.54, 1.807) is 0 Å². The zero-order chi connectivity index (χ0) is 11.3. The van der Waals surface area contributed by atoms with Gasteiger partial charge >= 0.3 is 0 Å². The highest BCUT2D eigenvalue weighted by molar-refractivity contribution is 5.79. The molecule has 0 atom stereocenters. The van der Waals surface area contributed by atoms with Crippen molar-refractivity contribution in [2.75, 3.05) is 13.2 Å². The fourth-order valence-corrected chi connectivity index (χ4v) is 1.99. The molecule has 0 aromatic heterocycles. The summed E-state index contributed by atoms with van der Waals surface area (Å²) < 4.78 is 0. The van der Waals surface area contributed by atoms with Crippen LogP contribution in [-0.2, 0) is 4.79 Å². The molecule has 0 spiro atoms. The zero-order valence-electron chi connectivity index (χ0n) is 9.33. The Morgan fingerprint density at radius 1 is 1.33 bits per heavy atom. The molecule has 0 aromatic carbocycles. The van der Waals surface area contributed by atoms with Crippen molar-refractivity contribution in [1.82, 2.24) is 5.32 Å². The Labute approximate surface area is 90.7 Å². The first-order valence-electron chi connectivity index (χ1n) is 5.71. The van der Waals surface area contributed by atoms with Crippen LogP contribution < -0.4 is 5.32 Å². The summed E-state index contributed by atoms with van der Waals surface area (Å²) in [6.45, 7) is 1.43. The normalized spacial score (nSPS) is 18.1. The molecule has 0 radical (unpaired) electrons. The molecule has 3 N–H and O–H groups in total. The van der Waals surface area contributed by atoms with Gasteiger partial charge in [-0.05, 0) is 19.3 Å². The standard InChI is InChI=1S/C11H21NO3/c1-2-11(7-13,8-14)12-10(15)9-5-3-4-6-9/h9,13-14H,2-8H2,1H3,(H,12,15). The Balaban J connectivity index is 2.53. The summed E-state index contributed by atoms with van der Waals surface area (Å²) in [7, 11) is 0. The van der Waals surface area contributed by atoms with Gasteiger partial charge in [-0.25, -0.2) is 0 Å². The van der Waals surface area contributed by atoms with Crippen LogP contribution in [0.2, 0.25) is 0 Å². The summed E-state index contributed by atoms with van der Waals surface area (Å²) in [5, 5.41) is 21.2. The predicted molar refractivity (Wildman–Crippen MR) is 57.3 cm³/mol. The first kappa shape index (κ1) is 12.5. The van der Waals surface area contributed by atoms with Crippen LogP contribution in [0.25, 0.3) is 0 Å². The molecule has 4 nitrogen and oxygen atoms in total. The highest BCUT2D eigenvalue weighted by Gasteiger charge is 2.32. The number of hydrogen-bond acceptors (Lipinski definition) is 3. The summed E-state index contributed by atoms with van der Waals surface area (Å²) in [6, 6.07) is 0. The number of hydrogen-bond donors (Lipinski definition) is 3. The van der Waals surface area contributed by atoms with Gasteiger partial charge < -0.3 is 15.5 Å². The van der Waals surface area contributed by atoms with Crippen LogP contribution in [0.15, 0.2) is 0 Å². The molecule has 1 aliphatic carbocycles. The molecule has 0 aliphatic heterocycles. The molecule has 1 rings (SSSR count). The van der Waals surface area contributed by atoms with Gasteiger partial charge in [0, 0.05) is 5.92 Å². The van der Waals surface area contributed by atoms with Crippen LogP contribution in [0.5, 0.6) is 0 Å². The van der Waals surface area contributed by atoms with Crippen molar-refractivity contribution in [1.29, 1.82) is 0 Å². The lowest BCUT2D eigenvalue weighted by Gasteiger charge is -2.30. The van der Waals surface area contributed by atoms with Crippen LogP contribution in [0.1, 0.15) is 39.0 Å². The molecule has 1 saturated carbocycles. The van der Waals surface area contributed by atoms with E-state index in [0.717, 1.165) is 25.7 Å². The van der Waals surface area contributed by atoms with Gasteiger partial charge in [0.05, 0.1) is 18.8 Å². The van der Waals surface area contributed by atoms with E-state index in [-0.39, 0.29) is 25.0 Å². The second-order valence-electron chi connectivity index (χ2n) is 4.42. The van der Waals surface area contributed by atoms with E-state index in [1.807, 2.05) is 6.92 Å². The van der Waals surface area contributed by atoms with Crippen molar-refractivity contribution in [3.05, 3.63) is 0 Å². The predicted octanol–water partition coefficient (Wildman–Crippen LogP) is 0.426. The third-order valence-electron chi connectivity index (χ3n) is 3.40. The van der Waals surface area contributed by atoms with E-state index >= 15 is 0 Å². The van der Waals surface area contributed by atoms with E-state index in [2.05, 4.69) is 5.32 Å². The molecule has 1 aliphatic rings. The van der Waals surface area contributed by atoms with Gasteiger partial charge in [-0.1, -0.05) is 19.8 Å². The molecule has 0 unspecified atom stereocenters. The maximum Gasteiger partial charge on any atom is 0.223 e. The van der Waals surface area contributed by atoms with Gasteiger partial charge in [0.15, 0.2) is 0 Å². The van der Waals surface area contributed by atoms with Gasteiger partial charge in [0.2, 0.25) is 5.91 Å². The van der Waals surface area contributed by atoms with Crippen molar-refractivity contribution in [2.24, 2.45) is 5.92 Å². The molecule has 1 fully saturated rings. The minimum absolute atomic E-state index is 0.0162. The molecule has 0 aromatic rings. The van der Waals surface area contributed by atoms with Crippen LogP contribution in [0.3, 0.4) is 0 Å². The Hall–Kier alpha value is -0.610. The number of nitrogens with one attached hydrogen (secondary N) is 1. The number of carbonyl (C=O) groups is 1. The fraction of sp³-hybridized carbons (Fsp3) is 0.909. The van der Waals surface area contributed by atoms with Crippen LogP contribution in [0.4, 0.5) is 0 Å². The first-order valence-corrected chi connectivity index (χ1v) is 5.71. The lowest BCUT2D eigenvalue weighted by Crippen LogP contribution is -2.55. The minimum atomic E-state index is -0.834. The summed E-state index contributed by atoms with van der Waals surface area (Å²) in [5.74, 6) is 0.0616. The van der Waals surface area contributed by atoms with Crippen molar-refractivity contribution < 1.29 is 15.0 Å². The summed E-state index contributed by atoms with van der Waals surface area (Å²) in [4.78, 5) is 11.8. The first-order chi connectivity index (χ1) is 7.17. The molecule has 88 valence electrons. The van der Waals surface area contributed by atoms with Crippen LogP contribution >= 0.6 is 0 Å². The van der Waals surface area contributed by atoms with Crippen molar-refractivity contribution in [2.45, 2.75) is 44.6 Å². The quantitative estimate of drug-likeness (QED) is 0.622. The second-order valence-corrected chi connectivity index (χ2v) is 4.42. The molecular formula is C11H21NO3. The van der Waals surface area contributed by atoms with E-state index in [9.17, 15) is 15.0 Å². The SMILES string of the molecule is CCC(CO)(CO)NC(=O)C1CCCC1. The number of carbonyl (C=O) groups excluding carboxylic acids is 1. The average molecular weight is 215 g/mol. The summed E-state index contributed by atoms with van der Waals surface area (Å²) in [6.07, 6.45) is 4.62. The number of aliphatic hydroxyl groups excluding tert-OH is 2. The van der Waals surface area contributed by atoms with E-state index in [0.29, 0.717) is 6.42 Å². The second kappa shape index (κ2) is 5.47. The third-order valence-corrected chi connectivity index (χ3v) is 3.40. The zero-order valence-corrected chi connectivity index (χ0v) is 9.33. The molecule has 4 heteroatoms. The molecule has 15 heavy (non-hydrogen) atoms. The van der Waals surface area contributed by atoms with Crippen LogP contribution in [-0.4, -0.2) is 34.9 Å². The molecule has 0 saturated heterocycles. The lowest BCUT2D eigenvalue weighted by molar-refractivity contribution is -0.128. The molecule has 0 bridgehead atoms. The molecule has 1 amide bonds. The largest absolute Gasteiger partial charge is 0.394 e. The van der Waals surface area contributed by atoms with Gasteiger partial charge in [0.25, 0.3) is 0 Å². The van der Waals surface area contributed by atoms with Crippen molar-refractivity contribution >= 4 is 5.91 Å². The van der Waals surface area contributed by atoms with E-state index in [4.69, 9.17) is 0 Å². The topological polar surface area (TPSA) is 69.6 Å². The highest BCUT2D eigenvalue weighted by Crippen LogP contribution is 2.25. The Kier molecular flexibility index (Phi) is 4.54. The Bertz CT molecular complexity index is 200. The fourth-order valence-electron chi connectivity index (χ4n) is 1.99. The Morgan fingerprint density at radius 2 is 1.87 bits per heavy atom. The number of amides is 1. The number of aliphatic hydroxyl groups is 2. The van der Waals surface area contributed by atoms with Gasteiger partial charge in [-0.15, -0.1) is 0 Å². The monoisotopic (exact) mass is 215 g/mol. The van der Waals surface area contributed by atoms with Crippen LogP contribution in [0, 0.1) is 5.92 Å². The summed E-state index contributed by atoms with van der Waals surface area (Å²) >= 11 is 0. The smallest absolute Gasteiger partial charge is 0.223 e. The minimum Gasteiger partial charge on any atom is -0.394 e. The van der Waals surface area contributed by atoms with E-state index in [1.165, 1.54) is 0 Å². The maximum atomic E-state index is 11.8. The van der Waals surface area contributed by atoms with E-state index < -0.39 is 5.54 Å². The van der Waals surface area contributed by atoms with Crippen molar-refractivity contribution in [3.63, 3.8) is 0 Å². The van der Waals surface area contributed by atoms with Gasteiger partial charge in [0.1, 0.15) is 0 Å². The lowest BCUT2D eigenvalue weighted by atomic mass is 9.96. The Morgan fingerprint density at radius 3 is 2.27 bits per heavy atom. The maximum absolute atomic E-state index is 11.8. The molecular weight excluding hydrogens is 194 g/mol. The van der Waals surface area contributed by atoms with Gasteiger partial charge in [-0.2, -0.15) is 0 Å². The molecule has 0 heterocycles.